The van der Waals surface area contributed by atoms with Crippen molar-refractivity contribution >= 4 is 29.2 Å². The van der Waals surface area contributed by atoms with E-state index >= 15 is 0 Å². The number of thiazole rings is 1. The van der Waals surface area contributed by atoms with E-state index in [1.54, 1.807) is 23.7 Å². The van der Waals surface area contributed by atoms with Gasteiger partial charge in [0.05, 0.1) is 5.69 Å². The molecule has 0 bridgehead atoms. The first kappa shape index (κ1) is 17.0. The van der Waals surface area contributed by atoms with Gasteiger partial charge in [-0.1, -0.05) is 0 Å². The fourth-order valence-corrected chi connectivity index (χ4v) is 3.27. The number of amides is 4. The van der Waals surface area contributed by atoms with Gasteiger partial charge >= 0.3 is 6.03 Å². The Hall–Kier alpha value is -2.81. The zero-order valence-electron chi connectivity index (χ0n) is 13.3. The standard InChI is InChI=1S/C16H17N5O3S/c22-13(2-1-12-14(23)21-16(24)20-12)18-8-5-11-9-25-15(19-11)10-3-6-17-7-4-10/h3-4,6-7,9,12H,1-2,5,8H2,(H,18,22)(H2,20,21,23,24). The predicted octanol–water partition coefficient (Wildman–Crippen LogP) is 0.852. The van der Waals surface area contributed by atoms with Crippen LogP contribution in [-0.2, 0) is 16.0 Å². The summed E-state index contributed by atoms with van der Waals surface area (Å²) in [4.78, 5) is 42.7. The summed E-state index contributed by atoms with van der Waals surface area (Å²) in [5.74, 6) is -0.539. The molecule has 0 aromatic carbocycles. The van der Waals surface area contributed by atoms with E-state index in [0.29, 0.717) is 13.0 Å². The Morgan fingerprint density at radius 2 is 2.08 bits per heavy atom. The van der Waals surface area contributed by atoms with Crippen molar-refractivity contribution in [3.05, 3.63) is 35.6 Å². The second-order valence-corrected chi connectivity index (χ2v) is 6.39. The van der Waals surface area contributed by atoms with Gasteiger partial charge in [-0.05, 0) is 18.6 Å². The maximum atomic E-state index is 11.8. The van der Waals surface area contributed by atoms with Crippen molar-refractivity contribution in [3.8, 4) is 10.6 Å². The largest absolute Gasteiger partial charge is 0.356 e. The predicted molar refractivity (Wildman–Crippen MR) is 91.8 cm³/mol. The summed E-state index contributed by atoms with van der Waals surface area (Å²) in [5, 5.41) is 10.3. The third kappa shape index (κ3) is 4.60. The van der Waals surface area contributed by atoms with Gasteiger partial charge in [-0.15, -0.1) is 11.3 Å². The lowest BCUT2D eigenvalue weighted by Gasteiger charge is -2.07. The van der Waals surface area contributed by atoms with Gasteiger partial charge in [0.1, 0.15) is 11.0 Å². The SMILES string of the molecule is O=C(CCC1NC(=O)NC1=O)NCCc1csc(-c2ccncc2)n1. The van der Waals surface area contributed by atoms with Crippen molar-refractivity contribution in [1.29, 1.82) is 0 Å². The molecule has 1 aliphatic heterocycles. The van der Waals surface area contributed by atoms with Crippen molar-refractivity contribution in [1.82, 2.24) is 25.9 Å². The number of imide groups is 1. The fourth-order valence-electron chi connectivity index (χ4n) is 2.40. The monoisotopic (exact) mass is 359 g/mol. The summed E-state index contributed by atoms with van der Waals surface area (Å²) in [6.45, 7) is 0.474. The van der Waals surface area contributed by atoms with E-state index < -0.39 is 12.1 Å². The summed E-state index contributed by atoms with van der Waals surface area (Å²) in [6, 6.07) is 2.67. The van der Waals surface area contributed by atoms with E-state index in [0.717, 1.165) is 16.3 Å². The Balaban J connectivity index is 1.39. The Labute approximate surface area is 148 Å². The quantitative estimate of drug-likeness (QED) is 0.635. The third-order valence-corrected chi connectivity index (χ3v) is 4.64. The highest BCUT2D eigenvalue weighted by molar-refractivity contribution is 7.13. The summed E-state index contributed by atoms with van der Waals surface area (Å²) in [6.07, 6.45) is 4.55. The maximum absolute atomic E-state index is 11.8. The number of rotatable bonds is 7. The Morgan fingerprint density at radius 1 is 1.28 bits per heavy atom. The van der Waals surface area contributed by atoms with E-state index in [1.165, 1.54) is 0 Å². The van der Waals surface area contributed by atoms with Crippen LogP contribution in [0.4, 0.5) is 4.79 Å². The summed E-state index contributed by atoms with van der Waals surface area (Å²) in [5.41, 5.74) is 1.94. The highest BCUT2D eigenvalue weighted by atomic mass is 32.1. The van der Waals surface area contributed by atoms with Crippen molar-refractivity contribution in [2.45, 2.75) is 25.3 Å². The van der Waals surface area contributed by atoms with Gasteiger partial charge in [-0.25, -0.2) is 9.78 Å². The highest BCUT2D eigenvalue weighted by Crippen LogP contribution is 2.22. The van der Waals surface area contributed by atoms with Crippen LogP contribution in [0.3, 0.4) is 0 Å². The van der Waals surface area contributed by atoms with Crippen LogP contribution in [-0.4, -0.2) is 40.4 Å². The van der Waals surface area contributed by atoms with Gasteiger partial charge < -0.3 is 10.6 Å². The van der Waals surface area contributed by atoms with Gasteiger partial charge in [-0.3, -0.25) is 19.9 Å². The summed E-state index contributed by atoms with van der Waals surface area (Å²) < 4.78 is 0. The lowest BCUT2D eigenvalue weighted by molar-refractivity contribution is -0.122. The molecule has 1 unspecified atom stereocenters. The zero-order valence-corrected chi connectivity index (χ0v) is 14.1. The molecule has 8 nitrogen and oxygen atoms in total. The van der Waals surface area contributed by atoms with Gasteiger partial charge in [0.25, 0.3) is 5.91 Å². The van der Waals surface area contributed by atoms with Crippen molar-refractivity contribution in [3.63, 3.8) is 0 Å². The average molecular weight is 359 g/mol. The van der Waals surface area contributed by atoms with E-state index in [-0.39, 0.29) is 24.7 Å². The summed E-state index contributed by atoms with van der Waals surface area (Å²) in [7, 11) is 0. The molecule has 25 heavy (non-hydrogen) atoms. The van der Waals surface area contributed by atoms with Crippen LogP contribution >= 0.6 is 11.3 Å². The maximum Gasteiger partial charge on any atom is 0.322 e. The molecule has 3 rings (SSSR count). The molecule has 3 heterocycles. The molecule has 0 spiro atoms. The minimum atomic E-state index is -0.625. The molecule has 2 aromatic heterocycles. The van der Waals surface area contributed by atoms with E-state index in [1.807, 2.05) is 17.5 Å². The third-order valence-electron chi connectivity index (χ3n) is 3.70. The number of nitrogens with zero attached hydrogens (tertiary/aromatic N) is 2. The second-order valence-electron chi connectivity index (χ2n) is 5.53. The molecule has 0 radical (unpaired) electrons. The van der Waals surface area contributed by atoms with Crippen molar-refractivity contribution in [2.24, 2.45) is 0 Å². The molecule has 4 amide bonds. The number of urea groups is 1. The fraction of sp³-hybridized carbons (Fsp3) is 0.312. The Morgan fingerprint density at radius 3 is 2.80 bits per heavy atom. The first-order valence-corrected chi connectivity index (χ1v) is 8.72. The van der Waals surface area contributed by atoms with Gasteiger partial charge in [0, 0.05) is 42.7 Å². The molecule has 2 aromatic rings. The topological polar surface area (TPSA) is 113 Å². The van der Waals surface area contributed by atoms with Crippen molar-refractivity contribution in [2.75, 3.05) is 6.54 Å². The number of carbonyl (C=O) groups is 3. The molecule has 1 aliphatic rings. The molecule has 3 N–H and O–H groups in total. The first-order valence-electron chi connectivity index (χ1n) is 7.84. The lowest BCUT2D eigenvalue weighted by atomic mass is 10.1. The molecule has 130 valence electrons. The van der Waals surface area contributed by atoms with Crippen LogP contribution in [0.1, 0.15) is 18.5 Å². The summed E-state index contributed by atoms with van der Waals surface area (Å²) >= 11 is 1.55. The van der Waals surface area contributed by atoms with Gasteiger partial charge in [0.15, 0.2) is 0 Å². The number of hydrogen-bond acceptors (Lipinski definition) is 6. The number of hydrogen-bond donors (Lipinski definition) is 3. The first-order chi connectivity index (χ1) is 12.1. The zero-order chi connectivity index (χ0) is 17.6. The number of pyridine rings is 1. The molecule has 9 heteroatoms. The van der Waals surface area contributed by atoms with Crippen LogP contribution in [0.2, 0.25) is 0 Å². The molecular weight excluding hydrogens is 342 g/mol. The van der Waals surface area contributed by atoms with Gasteiger partial charge in [0.2, 0.25) is 5.91 Å². The number of aromatic nitrogens is 2. The van der Waals surface area contributed by atoms with Crippen LogP contribution in [0, 0.1) is 0 Å². The molecule has 1 fully saturated rings. The molecule has 1 atom stereocenters. The van der Waals surface area contributed by atoms with E-state index in [4.69, 9.17) is 0 Å². The number of nitrogens with one attached hydrogen (secondary N) is 3. The molecule has 0 aliphatic carbocycles. The molecule has 0 saturated carbocycles. The Bertz CT molecular complexity index is 777. The van der Waals surface area contributed by atoms with E-state index in [9.17, 15) is 14.4 Å². The van der Waals surface area contributed by atoms with Crippen molar-refractivity contribution < 1.29 is 14.4 Å². The minimum absolute atomic E-state index is 0.154. The van der Waals surface area contributed by atoms with Crippen LogP contribution in [0.15, 0.2) is 29.9 Å². The minimum Gasteiger partial charge on any atom is -0.356 e. The van der Waals surface area contributed by atoms with Crippen LogP contribution < -0.4 is 16.0 Å². The van der Waals surface area contributed by atoms with Crippen LogP contribution in [0.5, 0.6) is 0 Å². The average Bonchev–Trinajstić information content (AvgIpc) is 3.20. The molecular formula is C16H17N5O3S. The highest BCUT2D eigenvalue weighted by Gasteiger charge is 2.29. The van der Waals surface area contributed by atoms with E-state index in [2.05, 4.69) is 25.9 Å². The second kappa shape index (κ2) is 7.84. The normalized spacial score (nSPS) is 16.4. The molecule has 1 saturated heterocycles. The van der Waals surface area contributed by atoms with Gasteiger partial charge in [-0.2, -0.15) is 0 Å². The smallest absolute Gasteiger partial charge is 0.322 e. The number of carbonyl (C=O) groups excluding carboxylic acids is 3. The van der Waals surface area contributed by atoms with Crippen LogP contribution in [0.25, 0.3) is 10.6 Å². The lowest BCUT2D eigenvalue weighted by Crippen LogP contribution is -2.32. The Kier molecular flexibility index (Phi) is 5.34.